The summed E-state index contributed by atoms with van der Waals surface area (Å²) < 4.78 is 0. The van der Waals surface area contributed by atoms with Crippen LogP contribution in [0.3, 0.4) is 0 Å². The van der Waals surface area contributed by atoms with Crippen LogP contribution in [0.1, 0.15) is 106 Å². The van der Waals surface area contributed by atoms with Gasteiger partial charge in [0.25, 0.3) is 0 Å². The van der Waals surface area contributed by atoms with Gasteiger partial charge in [0.15, 0.2) is 17.3 Å². The summed E-state index contributed by atoms with van der Waals surface area (Å²) in [6.07, 6.45) is 2.99. The van der Waals surface area contributed by atoms with Crippen LogP contribution in [0.5, 0.6) is 0 Å². The van der Waals surface area contributed by atoms with E-state index in [1.54, 1.807) is 6.92 Å². The van der Waals surface area contributed by atoms with Crippen LogP contribution in [0.15, 0.2) is 30.3 Å². The van der Waals surface area contributed by atoms with Gasteiger partial charge in [0.2, 0.25) is 17.7 Å². The van der Waals surface area contributed by atoms with E-state index in [1.807, 2.05) is 71.9 Å². The van der Waals surface area contributed by atoms with Gasteiger partial charge in [0.1, 0.15) is 0 Å². The number of benzene rings is 1. The number of hydrogen-bond acceptors (Lipinski definition) is 7. The first-order chi connectivity index (χ1) is 22.1. The zero-order chi connectivity index (χ0) is 35.7. The van der Waals surface area contributed by atoms with Crippen molar-refractivity contribution in [2.24, 2.45) is 35.3 Å². The molecule has 0 saturated heterocycles. The van der Waals surface area contributed by atoms with Crippen molar-refractivity contribution in [1.82, 2.24) is 16.0 Å². The van der Waals surface area contributed by atoms with Crippen molar-refractivity contribution in [2.45, 2.75) is 125 Å². The molecule has 0 aliphatic heterocycles. The molecule has 0 spiro atoms. The summed E-state index contributed by atoms with van der Waals surface area (Å²) in [6.45, 7) is 14.7. The smallest absolute Gasteiger partial charge is 0.224 e. The third-order valence-electron chi connectivity index (χ3n) is 8.85. The van der Waals surface area contributed by atoms with Gasteiger partial charge in [-0.2, -0.15) is 0 Å². The van der Waals surface area contributed by atoms with E-state index in [4.69, 9.17) is 5.73 Å². The highest BCUT2D eigenvalue weighted by Crippen LogP contribution is 2.21. The van der Waals surface area contributed by atoms with Crippen LogP contribution in [-0.4, -0.2) is 59.7 Å². The molecule has 0 heterocycles. The third-order valence-corrected chi connectivity index (χ3v) is 8.85. The Hall–Kier alpha value is -3.40. The Morgan fingerprint density at radius 1 is 0.723 bits per heavy atom. The molecule has 0 bridgehead atoms. The molecule has 47 heavy (non-hydrogen) atoms. The first kappa shape index (κ1) is 41.6. The second kappa shape index (κ2) is 21.5. The van der Waals surface area contributed by atoms with Crippen molar-refractivity contribution in [3.05, 3.63) is 35.9 Å². The fourth-order valence-electron chi connectivity index (χ4n) is 5.60. The predicted octanol–water partition coefficient (Wildman–Crippen LogP) is 4.32. The lowest BCUT2D eigenvalue weighted by Gasteiger charge is -2.28. The Labute approximate surface area is 282 Å². The molecular formula is C37H60N4O6. The van der Waals surface area contributed by atoms with Gasteiger partial charge in [-0.05, 0) is 56.0 Å². The molecule has 10 heteroatoms. The van der Waals surface area contributed by atoms with Gasteiger partial charge >= 0.3 is 0 Å². The Morgan fingerprint density at radius 3 is 1.83 bits per heavy atom. The number of Topliss-reactive ketones (excluding diaryl/α,β-unsaturated/α-hetero) is 3. The summed E-state index contributed by atoms with van der Waals surface area (Å²) in [7, 11) is 0. The van der Waals surface area contributed by atoms with E-state index >= 15 is 0 Å². The second-order valence-electron chi connectivity index (χ2n) is 13.7. The Balaban J connectivity index is 3.03. The minimum absolute atomic E-state index is 0.0795. The monoisotopic (exact) mass is 656 g/mol. The number of amides is 3. The van der Waals surface area contributed by atoms with Crippen LogP contribution >= 0.6 is 0 Å². The average molecular weight is 657 g/mol. The molecule has 10 nitrogen and oxygen atoms in total. The second-order valence-corrected chi connectivity index (χ2v) is 13.7. The highest BCUT2D eigenvalue weighted by atomic mass is 16.2. The van der Waals surface area contributed by atoms with Gasteiger partial charge in [-0.15, -0.1) is 0 Å². The first-order valence-electron chi connectivity index (χ1n) is 17.3. The largest absolute Gasteiger partial charge is 0.346 e. The lowest BCUT2D eigenvalue weighted by atomic mass is 9.86. The highest BCUT2D eigenvalue weighted by Gasteiger charge is 2.34. The SMILES string of the molecule is CC[C@@H](C)C(NC(=O)CCc1ccccc1)C(=O)C[C@@H](CCCCN)C(=O)N[C@H](C(=O)C[C@@H](C)C(=O)N[C@H](C(C)=O)C(C)C)C(C)C. The number of carbonyl (C=O) groups is 6. The molecule has 1 aromatic rings. The Kier molecular flexibility index (Phi) is 19.0. The van der Waals surface area contributed by atoms with Gasteiger partial charge in [0, 0.05) is 31.1 Å². The van der Waals surface area contributed by atoms with Crippen LogP contribution in [0.2, 0.25) is 0 Å². The summed E-state index contributed by atoms with van der Waals surface area (Å²) in [4.78, 5) is 78.5. The van der Waals surface area contributed by atoms with Crippen molar-refractivity contribution in [1.29, 1.82) is 0 Å². The zero-order valence-electron chi connectivity index (χ0n) is 29.9. The summed E-state index contributed by atoms with van der Waals surface area (Å²) in [6, 6.07) is 7.43. The summed E-state index contributed by atoms with van der Waals surface area (Å²) in [5.41, 5.74) is 6.74. The number of nitrogens with two attached hydrogens (primary N) is 1. The van der Waals surface area contributed by atoms with Crippen molar-refractivity contribution >= 4 is 35.1 Å². The minimum Gasteiger partial charge on any atom is -0.346 e. The van der Waals surface area contributed by atoms with Crippen LogP contribution in [-0.2, 0) is 35.2 Å². The van der Waals surface area contributed by atoms with Crippen molar-refractivity contribution in [2.75, 3.05) is 6.54 Å². The molecule has 1 aromatic carbocycles. The summed E-state index contributed by atoms with van der Waals surface area (Å²) in [5, 5.41) is 8.57. The quantitative estimate of drug-likeness (QED) is 0.127. The Bertz CT molecular complexity index is 1170. The maximum absolute atomic E-state index is 13.7. The number of ketones is 3. The molecule has 264 valence electrons. The predicted molar refractivity (Wildman–Crippen MR) is 185 cm³/mol. The normalized spacial score (nSPS) is 15.2. The first-order valence-corrected chi connectivity index (χ1v) is 17.3. The molecule has 0 radical (unpaired) electrons. The number of aryl methyl sites for hydroxylation is 1. The fraction of sp³-hybridized carbons (Fsp3) is 0.676. The van der Waals surface area contributed by atoms with Gasteiger partial charge < -0.3 is 21.7 Å². The van der Waals surface area contributed by atoms with Crippen LogP contribution in [0, 0.1) is 29.6 Å². The maximum atomic E-state index is 13.7. The molecule has 0 saturated carbocycles. The summed E-state index contributed by atoms with van der Waals surface area (Å²) >= 11 is 0. The number of rotatable bonds is 23. The highest BCUT2D eigenvalue weighted by molar-refractivity contribution is 5.96. The van der Waals surface area contributed by atoms with E-state index in [0.717, 1.165) is 5.56 Å². The number of unbranched alkanes of at least 4 members (excludes halogenated alkanes) is 1. The van der Waals surface area contributed by atoms with E-state index in [1.165, 1.54) is 6.92 Å². The molecule has 1 unspecified atom stereocenters. The van der Waals surface area contributed by atoms with E-state index < -0.39 is 41.8 Å². The molecular weight excluding hydrogens is 596 g/mol. The number of nitrogens with one attached hydrogen (secondary N) is 3. The molecule has 0 aromatic heterocycles. The lowest BCUT2D eigenvalue weighted by molar-refractivity contribution is -0.136. The van der Waals surface area contributed by atoms with E-state index in [-0.39, 0.29) is 60.3 Å². The molecule has 6 atom stereocenters. The van der Waals surface area contributed by atoms with Gasteiger partial charge in [-0.1, -0.05) is 91.6 Å². The van der Waals surface area contributed by atoms with E-state index in [0.29, 0.717) is 38.6 Å². The number of hydrogen-bond donors (Lipinski definition) is 4. The lowest BCUT2D eigenvalue weighted by Crippen LogP contribution is -2.50. The van der Waals surface area contributed by atoms with Crippen LogP contribution in [0.4, 0.5) is 0 Å². The molecule has 1 rings (SSSR count). The van der Waals surface area contributed by atoms with Crippen LogP contribution in [0.25, 0.3) is 0 Å². The third kappa shape index (κ3) is 14.9. The van der Waals surface area contributed by atoms with Gasteiger partial charge in [-0.3, -0.25) is 28.8 Å². The Morgan fingerprint density at radius 2 is 1.30 bits per heavy atom. The summed E-state index contributed by atoms with van der Waals surface area (Å²) in [5.74, 6) is -3.60. The molecule has 0 fully saturated rings. The molecule has 3 amide bonds. The average Bonchev–Trinajstić information content (AvgIpc) is 3.02. The van der Waals surface area contributed by atoms with Gasteiger partial charge in [0.05, 0.1) is 18.1 Å². The fourth-order valence-corrected chi connectivity index (χ4v) is 5.60. The minimum atomic E-state index is -0.860. The van der Waals surface area contributed by atoms with Crippen molar-refractivity contribution in [3.63, 3.8) is 0 Å². The van der Waals surface area contributed by atoms with Gasteiger partial charge in [-0.25, -0.2) is 0 Å². The van der Waals surface area contributed by atoms with E-state index in [9.17, 15) is 28.8 Å². The molecule has 0 aliphatic carbocycles. The van der Waals surface area contributed by atoms with E-state index in [2.05, 4.69) is 16.0 Å². The molecule has 0 aliphatic rings. The van der Waals surface area contributed by atoms with Crippen LogP contribution < -0.4 is 21.7 Å². The van der Waals surface area contributed by atoms with Crippen molar-refractivity contribution in [3.8, 4) is 0 Å². The zero-order valence-corrected chi connectivity index (χ0v) is 29.9. The standard InChI is InChI=1S/C37H60N4O6/c1-9-25(6)35(39-32(45)19-18-28-15-11-10-12-16-28)31(44)22-29(17-13-14-20-38)37(47)41-34(24(4)5)30(43)21-26(7)36(46)40-33(23(2)3)27(8)42/h10-12,15-16,23-26,29,33-35H,9,13-14,17-22,38H2,1-8H3,(H,39,45)(H,40,46)(H,41,47)/t25-,26-,29-,33+,34+,35?/m1/s1. The topological polar surface area (TPSA) is 165 Å². The maximum Gasteiger partial charge on any atom is 0.224 e. The molecule has 5 N–H and O–H groups in total. The number of carbonyl (C=O) groups excluding carboxylic acids is 6. The van der Waals surface area contributed by atoms with Crippen molar-refractivity contribution < 1.29 is 28.8 Å².